The van der Waals surface area contributed by atoms with Crippen molar-refractivity contribution >= 4 is 17.3 Å². The number of hydrazine groups is 1. The highest BCUT2D eigenvalue weighted by Gasteiger charge is 2.12. The Kier molecular flexibility index (Phi) is 4.10. The van der Waals surface area contributed by atoms with E-state index in [2.05, 4.69) is 15.7 Å². The normalized spacial score (nSPS) is 9.29. The SMILES string of the molecule is N#Cc1ccc(NC(=O)c2cnccc2NN)cc1C#N. The van der Waals surface area contributed by atoms with E-state index in [-0.39, 0.29) is 16.7 Å². The molecule has 4 N–H and O–H groups in total. The van der Waals surface area contributed by atoms with Gasteiger partial charge in [0.15, 0.2) is 0 Å². The smallest absolute Gasteiger partial charge is 0.259 e. The molecule has 7 nitrogen and oxygen atoms in total. The Morgan fingerprint density at radius 3 is 2.62 bits per heavy atom. The fraction of sp³-hybridized carbons (Fsp3) is 0. The molecule has 0 aliphatic carbocycles. The van der Waals surface area contributed by atoms with E-state index in [1.54, 1.807) is 12.1 Å². The molecule has 0 aliphatic rings. The molecule has 7 heteroatoms. The second-order valence-corrected chi connectivity index (χ2v) is 4.00. The van der Waals surface area contributed by atoms with Gasteiger partial charge in [-0.25, -0.2) is 0 Å². The lowest BCUT2D eigenvalue weighted by atomic mass is 10.1. The van der Waals surface area contributed by atoms with Gasteiger partial charge in [-0.05, 0) is 24.3 Å². The van der Waals surface area contributed by atoms with Crippen molar-refractivity contribution in [3.05, 3.63) is 53.3 Å². The summed E-state index contributed by atoms with van der Waals surface area (Å²) in [6, 6.07) is 9.82. The van der Waals surface area contributed by atoms with Crippen LogP contribution in [-0.2, 0) is 0 Å². The van der Waals surface area contributed by atoms with Gasteiger partial charge < -0.3 is 10.7 Å². The number of anilines is 2. The number of nitriles is 2. The summed E-state index contributed by atoms with van der Waals surface area (Å²) in [6.07, 6.45) is 2.88. The number of nitrogens with zero attached hydrogens (tertiary/aromatic N) is 3. The number of carbonyl (C=O) groups is 1. The van der Waals surface area contributed by atoms with E-state index in [1.165, 1.54) is 24.5 Å². The van der Waals surface area contributed by atoms with Crippen molar-refractivity contribution in [2.75, 3.05) is 10.7 Å². The van der Waals surface area contributed by atoms with Crippen LogP contribution in [0.1, 0.15) is 21.5 Å². The first kappa shape index (κ1) is 14.0. The van der Waals surface area contributed by atoms with Crippen LogP contribution in [-0.4, -0.2) is 10.9 Å². The Labute approximate surface area is 120 Å². The van der Waals surface area contributed by atoms with Crippen LogP contribution in [0.5, 0.6) is 0 Å². The van der Waals surface area contributed by atoms with Gasteiger partial charge in [0, 0.05) is 18.1 Å². The molecule has 0 fully saturated rings. The van der Waals surface area contributed by atoms with E-state index in [9.17, 15) is 4.79 Å². The largest absolute Gasteiger partial charge is 0.323 e. The summed E-state index contributed by atoms with van der Waals surface area (Å²) in [5, 5.41) is 20.4. The molecule has 1 aromatic heterocycles. The van der Waals surface area contributed by atoms with Crippen molar-refractivity contribution in [1.29, 1.82) is 10.5 Å². The zero-order valence-electron chi connectivity index (χ0n) is 10.8. The average molecular weight is 278 g/mol. The quantitative estimate of drug-likeness (QED) is 0.574. The van der Waals surface area contributed by atoms with Gasteiger partial charge in [0.2, 0.25) is 0 Å². The summed E-state index contributed by atoms with van der Waals surface area (Å²) in [7, 11) is 0. The molecule has 102 valence electrons. The first-order chi connectivity index (χ1) is 10.2. The molecule has 0 radical (unpaired) electrons. The summed E-state index contributed by atoms with van der Waals surface area (Å²) in [5.74, 6) is 4.90. The predicted molar refractivity (Wildman–Crippen MR) is 75.9 cm³/mol. The number of hydrogen-bond donors (Lipinski definition) is 3. The minimum Gasteiger partial charge on any atom is -0.323 e. The Bertz CT molecular complexity index is 772. The summed E-state index contributed by atoms with van der Waals surface area (Å²) in [4.78, 5) is 16.0. The fourth-order valence-corrected chi connectivity index (χ4v) is 1.71. The first-order valence-electron chi connectivity index (χ1n) is 5.86. The molecule has 21 heavy (non-hydrogen) atoms. The average Bonchev–Trinajstić information content (AvgIpc) is 2.54. The molecule has 0 spiro atoms. The van der Waals surface area contributed by atoms with Crippen LogP contribution < -0.4 is 16.6 Å². The van der Waals surface area contributed by atoms with Crippen LogP contribution in [0, 0.1) is 22.7 Å². The molecule has 1 amide bonds. The van der Waals surface area contributed by atoms with E-state index >= 15 is 0 Å². The number of hydrogen-bond acceptors (Lipinski definition) is 6. The van der Waals surface area contributed by atoms with Crippen molar-refractivity contribution in [2.45, 2.75) is 0 Å². The zero-order chi connectivity index (χ0) is 15.2. The summed E-state index contributed by atoms with van der Waals surface area (Å²) >= 11 is 0. The number of rotatable bonds is 3. The van der Waals surface area contributed by atoms with Crippen LogP contribution in [0.2, 0.25) is 0 Å². The second-order valence-electron chi connectivity index (χ2n) is 4.00. The molecule has 0 unspecified atom stereocenters. The van der Waals surface area contributed by atoms with E-state index < -0.39 is 5.91 Å². The van der Waals surface area contributed by atoms with E-state index in [0.29, 0.717) is 11.4 Å². The topological polar surface area (TPSA) is 128 Å². The minimum absolute atomic E-state index is 0.193. The number of aromatic nitrogens is 1. The van der Waals surface area contributed by atoms with Gasteiger partial charge in [-0.15, -0.1) is 0 Å². The lowest BCUT2D eigenvalue weighted by Crippen LogP contribution is -2.17. The maximum atomic E-state index is 12.2. The molecular formula is C14H10N6O. The first-order valence-corrected chi connectivity index (χ1v) is 5.86. The van der Waals surface area contributed by atoms with E-state index in [1.807, 2.05) is 12.1 Å². The molecule has 2 aromatic rings. The highest BCUT2D eigenvalue weighted by atomic mass is 16.1. The molecular weight excluding hydrogens is 268 g/mol. The van der Waals surface area contributed by atoms with Gasteiger partial charge in [0.25, 0.3) is 5.91 Å². The van der Waals surface area contributed by atoms with E-state index in [0.717, 1.165) is 0 Å². The molecule has 2 rings (SSSR count). The Hall–Kier alpha value is -3.42. The maximum Gasteiger partial charge on any atom is 0.259 e. The summed E-state index contributed by atoms with van der Waals surface area (Å²) in [5.41, 5.74) is 3.95. The summed E-state index contributed by atoms with van der Waals surface area (Å²) in [6.45, 7) is 0. The molecule has 1 heterocycles. The minimum atomic E-state index is -0.426. The highest BCUT2D eigenvalue weighted by molar-refractivity contribution is 6.07. The molecule has 0 saturated heterocycles. The van der Waals surface area contributed by atoms with Gasteiger partial charge in [0.1, 0.15) is 12.1 Å². The second kappa shape index (κ2) is 6.15. The van der Waals surface area contributed by atoms with Gasteiger partial charge in [-0.1, -0.05) is 0 Å². The Morgan fingerprint density at radius 2 is 1.95 bits per heavy atom. The molecule has 1 aromatic carbocycles. The number of carbonyl (C=O) groups excluding carboxylic acids is 1. The maximum absolute atomic E-state index is 12.2. The van der Waals surface area contributed by atoms with E-state index in [4.69, 9.17) is 16.4 Å². The van der Waals surface area contributed by atoms with Gasteiger partial charge in [-0.3, -0.25) is 15.6 Å². The standard InChI is InChI=1S/C14H10N6O/c15-6-9-1-2-11(5-10(9)7-16)19-14(21)12-8-18-4-3-13(12)20-17/h1-5,8H,17H2,(H,18,20)(H,19,21). The number of pyridine rings is 1. The lowest BCUT2D eigenvalue weighted by Gasteiger charge is -2.09. The third-order valence-electron chi connectivity index (χ3n) is 2.74. The van der Waals surface area contributed by atoms with Crippen LogP contribution in [0.3, 0.4) is 0 Å². The number of nitrogen functional groups attached to an aromatic ring is 1. The summed E-state index contributed by atoms with van der Waals surface area (Å²) < 4.78 is 0. The Balaban J connectivity index is 2.29. The van der Waals surface area contributed by atoms with Crippen molar-refractivity contribution in [3.63, 3.8) is 0 Å². The van der Waals surface area contributed by atoms with Crippen LogP contribution >= 0.6 is 0 Å². The van der Waals surface area contributed by atoms with Crippen LogP contribution in [0.25, 0.3) is 0 Å². The van der Waals surface area contributed by atoms with Crippen molar-refractivity contribution in [1.82, 2.24) is 4.98 Å². The highest BCUT2D eigenvalue weighted by Crippen LogP contribution is 2.18. The van der Waals surface area contributed by atoms with Gasteiger partial charge in [0.05, 0.1) is 22.4 Å². The van der Waals surface area contributed by atoms with Crippen molar-refractivity contribution in [3.8, 4) is 12.1 Å². The van der Waals surface area contributed by atoms with Crippen LogP contribution in [0.4, 0.5) is 11.4 Å². The van der Waals surface area contributed by atoms with Gasteiger partial charge >= 0.3 is 0 Å². The van der Waals surface area contributed by atoms with Crippen LogP contribution in [0.15, 0.2) is 36.7 Å². The predicted octanol–water partition coefficient (Wildman–Crippen LogP) is 1.36. The zero-order valence-corrected chi connectivity index (χ0v) is 10.8. The third-order valence-corrected chi connectivity index (χ3v) is 2.74. The van der Waals surface area contributed by atoms with Crippen molar-refractivity contribution < 1.29 is 4.79 Å². The van der Waals surface area contributed by atoms with Gasteiger partial charge in [-0.2, -0.15) is 10.5 Å². The fourth-order valence-electron chi connectivity index (χ4n) is 1.71. The lowest BCUT2D eigenvalue weighted by molar-refractivity contribution is 0.102. The monoisotopic (exact) mass is 278 g/mol. The van der Waals surface area contributed by atoms with Crippen molar-refractivity contribution in [2.24, 2.45) is 5.84 Å². The number of benzene rings is 1. The molecule has 0 atom stereocenters. The number of nitrogens with two attached hydrogens (primary N) is 1. The molecule has 0 saturated carbocycles. The third kappa shape index (κ3) is 2.95. The Morgan fingerprint density at radius 1 is 1.19 bits per heavy atom. The number of amides is 1. The molecule has 0 bridgehead atoms. The number of nitrogens with one attached hydrogen (secondary N) is 2. The molecule has 0 aliphatic heterocycles.